The van der Waals surface area contributed by atoms with Crippen molar-refractivity contribution < 1.29 is 21.6 Å². The Labute approximate surface area is 108 Å². The molecule has 19 heavy (non-hydrogen) atoms. The number of sulfonamides is 1. The van der Waals surface area contributed by atoms with Crippen LogP contribution in [0.3, 0.4) is 0 Å². The number of nitrogen functional groups attached to an aromatic ring is 1. The molecule has 0 atom stereocenters. The third-order valence-electron chi connectivity index (χ3n) is 2.28. The van der Waals surface area contributed by atoms with E-state index in [1.165, 1.54) is 6.92 Å². The highest BCUT2D eigenvalue weighted by molar-refractivity contribution is 7.92. The highest BCUT2D eigenvalue weighted by Gasteiger charge is 2.31. The van der Waals surface area contributed by atoms with E-state index in [1.54, 1.807) is 0 Å². The highest BCUT2D eigenvalue weighted by atomic mass is 32.2. The number of nitrogens with two attached hydrogens (primary N) is 1. The summed E-state index contributed by atoms with van der Waals surface area (Å²) in [6.07, 6.45) is -4.59. The summed E-state index contributed by atoms with van der Waals surface area (Å²) in [5.41, 5.74) is 3.70. The maximum atomic E-state index is 12.5. The second-order valence-corrected chi connectivity index (χ2v) is 5.69. The first-order valence-corrected chi connectivity index (χ1v) is 6.78. The Hall–Kier alpha value is -1.77. The van der Waals surface area contributed by atoms with Gasteiger partial charge in [0.05, 0.1) is 17.0 Å². The van der Waals surface area contributed by atoms with Gasteiger partial charge in [0.2, 0.25) is 10.0 Å². The summed E-state index contributed by atoms with van der Waals surface area (Å²) in [4.78, 5) is 0. The first kappa shape index (κ1) is 15.3. The molecule has 1 aromatic carbocycles. The van der Waals surface area contributed by atoms with Crippen molar-refractivity contribution in [1.29, 1.82) is 5.41 Å². The SMILES string of the molecule is CCS(=O)(=O)Nc1ccc(C(F)(F)F)cc1C(=N)N. The quantitative estimate of drug-likeness (QED) is 0.583. The molecule has 0 aromatic heterocycles. The van der Waals surface area contributed by atoms with Gasteiger partial charge in [-0.15, -0.1) is 0 Å². The van der Waals surface area contributed by atoms with Crippen molar-refractivity contribution in [2.45, 2.75) is 13.1 Å². The standard InChI is InChI=1S/C10H12F3N3O2S/c1-2-19(17,18)16-8-4-3-6(10(11,12)13)5-7(8)9(14)15/h3-5,16H,2H2,1H3,(H3,14,15). The number of rotatable bonds is 4. The summed E-state index contributed by atoms with van der Waals surface area (Å²) in [6, 6.07) is 2.29. The van der Waals surface area contributed by atoms with Gasteiger partial charge in [0, 0.05) is 5.56 Å². The Morgan fingerprint density at radius 2 is 2.00 bits per heavy atom. The minimum absolute atomic E-state index is 0.151. The van der Waals surface area contributed by atoms with Crippen LogP contribution in [0, 0.1) is 5.41 Å². The van der Waals surface area contributed by atoms with Gasteiger partial charge in [-0.1, -0.05) is 0 Å². The van der Waals surface area contributed by atoms with Crippen molar-refractivity contribution in [3.05, 3.63) is 29.3 Å². The Morgan fingerprint density at radius 3 is 2.42 bits per heavy atom. The van der Waals surface area contributed by atoms with E-state index in [2.05, 4.69) is 4.72 Å². The predicted octanol–water partition coefficient (Wildman–Crippen LogP) is 1.75. The van der Waals surface area contributed by atoms with Crippen molar-refractivity contribution in [3.63, 3.8) is 0 Å². The molecule has 0 amide bonds. The Kier molecular flexibility index (Phi) is 4.09. The van der Waals surface area contributed by atoms with Crippen LogP contribution in [0.5, 0.6) is 0 Å². The third kappa shape index (κ3) is 3.85. The number of amidine groups is 1. The van der Waals surface area contributed by atoms with E-state index < -0.39 is 27.6 Å². The largest absolute Gasteiger partial charge is 0.416 e. The van der Waals surface area contributed by atoms with Gasteiger partial charge in [-0.25, -0.2) is 8.42 Å². The topological polar surface area (TPSA) is 96.0 Å². The van der Waals surface area contributed by atoms with Crippen molar-refractivity contribution in [1.82, 2.24) is 0 Å². The molecule has 0 aliphatic rings. The molecule has 0 unspecified atom stereocenters. The van der Waals surface area contributed by atoms with Gasteiger partial charge < -0.3 is 5.73 Å². The fourth-order valence-electron chi connectivity index (χ4n) is 1.27. The number of halogens is 3. The van der Waals surface area contributed by atoms with E-state index in [0.717, 1.165) is 12.1 Å². The van der Waals surface area contributed by atoms with Gasteiger partial charge in [0.15, 0.2) is 0 Å². The molecule has 0 radical (unpaired) electrons. The molecule has 5 nitrogen and oxygen atoms in total. The van der Waals surface area contributed by atoms with Crippen LogP contribution >= 0.6 is 0 Å². The van der Waals surface area contributed by atoms with Crippen molar-refractivity contribution >= 4 is 21.5 Å². The molecule has 0 spiro atoms. The molecule has 0 aliphatic heterocycles. The Bertz CT molecular complexity index is 597. The summed E-state index contributed by atoms with van der Waals surface area (Å²) in [7, 11) is -3.66. The molecule has 1 rings (SSSR count). The molecular formula is C10H12F3N3O2S. The Morgan fingerprint density at radius 1 is 1.42 bits per heavy atom. The number of alkyl halides is 3. The lowest BCUT2D eigenvalue weighted by Crippen LogP contribution is -2.20. The number of hydrogen-bond acceptors (Lipinski definition) is 3. The van der Waals surface area contributed by atoms with Gasteiger partial charge in [-0.2, -0.15) is 13.2 Å². The van der Waals surface area contributed by atoms with Gasteiger partial charge >= 0.3 is 6.18 Å². The fourth-order valence-corrected chi connectivity index (χ4v) is 1.93. The minimum Gasteiger partial charge on any atom is -0.384 e. The summed E-state index contributed by atoms with van der Waals surface area (Å²) in [6.45, 7) is 1.37. The molecule has 0 fully saturated rings. The third-order valence-corrected chi connectivity index (χ3v) is 3.57. The molecule has 1 aromatic rings. The van der Waals surface area contributed by atoms with Crippen LogP contribution in [0.4, 0.5) is 18.9 Å². The summed E-state index contributed by atoms with van der Waals surface area (Å²) in [5.74, 6) is -0.898. The normalized spacial score (nSPS) is 12.2. The van der Waals surface area contributed by atoms with E-state index in [1.807, 2.05) is 0 Å². The van der Waals surface area contributed by atoms with Gasteiger partial charge in [-0.05, 0) is 25.1 Å². The zero-order chi connectivity index (χ0) is 14.8. The second-order valence-electron chi connectivity index (χ2n) is 3.68. The molecule has 0 saturated carbocycles. The zero-order valence-electron chi connectivity index (χ0n) is 9.88. The highest BCUT2D eigenvalue weighted by Crippen LogP contribution is 2.32. The van der Waals surface area contributed by atoms with E-state index in [9.17, 15) is 21.6 Å². The minimum atomic E-state index is -4.59. The van der Waals surface area contributed by atoms with E-state index in [4.69, 9.17) is 11.1 Å². The van der Waals surface area contributed by atoms with Crippen molar-refractivity contribution in [2.24, 2.45) is 5.73 Å². The number of anilines is 1. The zero-order valence-corrected chi connectivity index (χ0v) is 10.7. The average Bonchev–Trinajstić information content (AvgIpc) is 2.27. The number of benzene rings is 1. The van der Waals surface area contributed by atoms with E-state index >= 15 is 0 Å². The molecule has 0 aliphatic carbocycles. The van der Waals surface area contributed by atoms with Crippen LogP contribution in [0.1, 0.15) is 18.1 Å². The van der Waals surface area contributed by atoms with Crippen molar-refractivity contribution in [3.8, 4) is 0 Å². The number of hydrogen-bond donors (Lipinski definition) is 3. The second kappa shape index (κ2) is 5.08. The van der Waals surface area contributed by atoms with Gasteiger partial charge in [-0.3, -0.25) is 10.1 Å². The monoisotopic (exact) mass is 295 g/mol. The summed E-state index contributed by atoms with van der Waals surface area (Å²) >= 11 is 0. The van der Waals surface area contributed by atoms with Crippen LogP contribution in [0.2, 0.25) is 0 Å². The fraction of sp³-hybridized carbons (Fsp3) is 0.300. The molecule has 4 N–H and O–H groups in total. The number of nitrogens with one attached hydrogen (secondary N) is 2. The van der Waals surface area contributed by atoms with Crippen LogP contribution in [0.25, 0.3) is 0 Å². The molecule has 0 saturated heterocycles. The lowest BCUT2D eigenvalue weighted by atomic mass is 10.1. The van der Waals surface area contributed by atoms with Crippen LogP contribution in [-0.2, 0) is 16.2 Å². The average molecular weight is 295 g/mol. The Balaban J connectivity index is 3.32. The summed E-state index contributed by atoms with van der Waals surface area (Å²) in [5, 5.41) is 7.22. The molecule has 106 valence electrons. The predicted molar refractivity (Wildman–Crippen MR) is 65.5 cm³/mol. The van der Waals surface area contributed by atoms with E-state index in [0.29, 0.717) is 6.07 Å². The lowest BCUT2D eigenvalue weighted by Gasteiger charge is -2.14. The first-order valence-electron chi connectivity index (χ1n) is 5.13. The van der Waals surface area contributed by atoms with Crippen LogP contribution < -0.4 is 10.5 Å². The summed E-state index contributed by atoms with van der Waals surface area (Å²) < 4.78 is 62.4. The molecule has 0 bridgehead atoms. The lowest BCUT2D eigenvalue weighted by molar-refractivity contribution is -0.137. The van der Waals surface area contributed by atoms with Crippen LogP contribution in [-0.4, -0.2) is 20.0 Å². The smallest absolute Gasteiger partial charge is 0.384 e. The maximum Gasteiger partial charge on any atom is 0.416 e. The van der Waals surface area contributed by atoms with E-state index in [-0.39, 0.29) is 17.0 Å². The van der Waals surface area contributed by atoms with Crippen LogP contribution in [0.15, 0.2) is 18.2 Å². The van der Waals surface area contributed by atoms with Gasteiger partial charge in [0.25, 0.3) is 0 Å². The maximum absolute atomic E-state index is 12.5. The first-order chi connectivity index (χ1) is 8.57. The van der Waals surface area contributed by atoms with Gasteiger partial charge in [0.1, 0.15) is 5.84 Å². The molecular weight excluding hydrogens is 283 g/mol. The molecule has 0 heterocycles. The molecule has 9 heteroatoms. The van der Waals surface area contributed by atoms with Crippen molar-refractivity contribution in [2.75, 3.05) is 10.5 Å².